The van der Waals surface area contributed by atoms with Gasteiger partial charge in [0, 0.05) is 31.2 Å². The number of hydrogen-bond donors (Lipinski definition) is 0. The van der Waals surface area contributed by atoms with Crippen LogP contribution in [0, 0.1) is 0 Å². The minimum Gasteiger partial charge on any atom is -0.338 e. The van der Waals surface area contributed by atoms with E-state index in [9.17, 15) is 0 Å². The maximum atomic E-state index is 6.02. The predicted molar refractivity (Wildman–Crippen MR) is 56.1 cm³/mol. The van der Waals surface area contributed by atoms with Crippen LogP contribution in [-0.4, -0.2) is 14.9 Å². The average Bonchev–Trinajstić information content (AvgIpc) is 2.52. The van der Waals surface area contributed by atoms with Crippen molar-refractivity contribution in [3.8, 4) is 0 Å². The van der Waals surface area contributed by atoms with Gasteiger partial charge in [0.2, 0.25) is 0 Å². The summed E-state index contributed by atoms with van der Waals surface area (Å²) in [5.74, 6) is 1.15. The maximum absolute atomic E-state index is 6.02. The van der Waals surface area contributed by atoms with Crippen molar-refractivity contribution in [3.63, 3.8) is 0 Å². The van der Waals surface area contributed by atoms with E-state index in [1.807, 2.05) is 19.4 Å². The molecule has 0 radical (unpaired) electrons. The molecule has 0 bridgehead atoms. The fraction of sp³-hybridized carbons (Fsp3) is 0.700. The molecule has 74 valence electrons. The predicted octanol–water partition coefficient (Wildman–Crippen LogP) is 2.76. The van der Waals surface area contributed by atoms with Gasteiger partial charge in [0.15, 0.2) is 0 Å². The molecule has 0 fully saturated rings. The molecule has 0 aliphatic rings. The maximum Gasteiger partial charge on any atom is 0.108 e. The lowest BCUT2D eigenvalue weighted by Crippen LogP contribution is -2.01. The third-order valence-corrected chi connectivity index (χ3v) is 2.81. The molecule has 3 heteroatoms. The number of rotatable bonds is 5. The Morgan fingerprint density at radius 2 is 2.38 bits per heavy atom. The molecule has 1 unspecified atom stereocenters. The second-order valence-electron chi connectivity index (χ2n) is 3.35. The van der Waals surface area contributed by atoms with E-state index >= 15 is 0 Å². The molecule has 1 heterocycles. The molecule has 0 saturated carbocycles. The van der Waals surface area contributed by atoms with Crippen LogP contribution in [-0.2, 0) is 13.5 Å². The number of hydrogen-bond acceptors (Lipinski definition) is 1. The topological polar surface area (TPSA) is 17.8 Å². The number of nitrogens with zero attached hydrogens (tertiary/aromatic N) is 2. The Bertz CT molecular complexity index is 245. The highest BCUT2D eigenvalue weighted by Crippen LogP contribution is 2.11. The minimum absolute atomic E-state index is 0.334. The molecule has 0 spiro atoms. The lowest BCUT2D eigenvalue weighted by molar-refractivity contribution is 0.645. The Morgan fingerprint density at radius 1 is 1.62 bits per heavy atom. The van der Waals surface area contributed by atoms with Crippen LogP contribution >= 0.6 is 11.6 Å². The van der Waals surface area contributed by atoms with Crippen LogP contribution < -0.4 is 0 Å². The van der Waals surface area contributed by atoms with Crippen molar-refractivity contribution in [2.75, 3.05) is 0 Å². The van der Waals surface area contributed by atoms with Crippen molar-refractivity contribution < 1.29 is 0 Å². The molecular formula is C10H17ClN2. The Morgan fingerprint density at radius 3 is 2.92 bits per heavy atom. The molecule has 0 aliphatic carbocycles. The molecule has 0 aromatic carbocycles. The third-order valence-electron chi connectivity index (χ3n) is 2.28. The Kier molecular flexibility index (Phi) is 4.29. The normalized spacial score (nSPS) is 13.2. The Labute approximate surface area is 84.9 Å². The number of alkyl halides is 1. The zero-order valence-electron chi connectivity index (χ0n) is 8.33. The van der Waals surface area contributed by atoms with Crippen molar-refractivity contribution in [3.05, 3.63) is 18.2 Å². The van der Waals surface area contributed by atoms with E-state index < -0.39 is 0 Å². The summed E-state index contributed by atoms with van der Waals surface area (Å²) in [5, 5.41) is 0.334. The zero-order valence-corrected chi connectivity index (χ0v) is 9.09. The zero-order chi connectivity index (χ0) is 9.68. The van der Waals surface area contributed by atoms with Crippen molar-refractivity contribution in [1.82, 2.24) is 9.55 Å². The Hall–Kier alpha value is -0.500. The summed E-state index contributed by atoms with van der Waals surface area (Å²) in [6, 6.07) is 0. The first-order valence-electron chi connectivity index (χ1n) is 4.84. The highest BCUT2D eigenvalue weighted by atomic mass is 35.5. The standard InChI is InChI=1S/C10H17ClN2/c1-3-9(11)5-4-6-10-12-7-8-13(10)2/h7-9H,3-6H2,1-2H3. The van der Waals surface area contributed by atoms with Crippen molar-refractivity contribution in [1.29, 1.82) is 0 Å². The van der Waals surface area contributed by atoms with Crippen molar-refractivity contribution >= 4 is 11.6 Å². The second kappa shape index (κ2) is 5.28. The van der Waals surface area contributed by atoms with E-state index in [0.717, 1.165) is 31.5 Å². The molecule has 1 aromatic rings. The van der Waals surface area contributed by atoms with Crippen LogP contribution in [0.25, 0.3) is 0 Å². The summed E-state index contributed by atoms with van der Waals surface area (Å²) in [7, 11) is 2.03. The largest absolute Gasteiger partial charge is 0.338 e. The van der Waals surface area contributed by atoms with Crippen LogP contribution in [0.2, 0.25) is 0 Å². The molecular weight excluding hydrogens is 184 g/mol. The summed E-state index contributed by atoms with van der Waals surface area (Å²) >= 11 is 6.02. The molecule has 1 aromatic heterocycles. The molecule has 1 rings (SSSR count). The van der Waals surface area contributed by atoms with Gasteiger partial charge in [-0.15, -0.1) is 11.6 Å². The van der Waals surface area contributed by atoms with E-state index in [1.165, 1.54) is 0 Å². The summed E-state index contributed by atoms with van der Waals surface area (Å²) in [6.07, 6.45) is 8.13. The van der Waals surface area contributed by atoms with Gasteiger partial charge in [-0.05, 0) is 19.3 Å². The van der Waals surface area contributed by atoms with Gasteiger partial charge in [0.05, 0.1) is 0 Å². The van der Waals surface area contributed by atoms with Gasteiger partial charge in [0.1, 0.15) is 5.82 Å². The second-order valence-corrected chi connectivity index (χ2v) is 3.97. The van der Waals surface area contributed by atoms with Crippen LogP contribution in [0.15, 0.2) is 12.4 Å². The van der Waals surface area contributed by atoms with E-state index in [4.69, 9.17) is 11.6 Å². The van der Waals surface area contributed by atoms with E-state index in [-0.39, 0.29) is 0 Å². The van der Waals surface area contributed by atoms with Crippen LogP contribution in [0.4, 0.5) is 0 Å². The van der Waals surface area contributed by atoms with Crippen molar-refractivity contribution in [2.24, 2.45) is 7.05 Å². The van der Waals surface area contributed by atoms with E-state index in [0.29, 0.717) is 5.38 Å². The van der Waals surface area contributed by atoms with Gasteiger partial charge in [-0.3, -0.25) is 0 Å². The number of halogens is 1. The quantitative estimate of drug-likeness (QED) is 0.669. The number of aryl methyl sites for hydroxylation is 2. The van der Waals surface area contributed by atoms with Gasteiger partial charge in [-0.1, -0.05) is 6.92 Å². The SMILES string of the molecule is CCC(Cl)CCCc1nccn1C. The third kappa shape index (κ3) is 3.39. The summed E-state index contributed by atoms with van der Waals surface area (Å²) in [4.78, 5) is 4.26. The highest BCUT2D eigenvalue weighted by Gasteiger charge is 2.03. The summed E-state index contributed by atoms with van der Waals surface area (Å²) in [6.45, 7) is 2.12. The van der Waals surface area contributed by atoms with Gasteiger partial charge < -0.3 is 4.57 Å². The fourth-order valence-corrected chi connectivity index (χ4v) is 1.48. The average molecular weight is 201 g/mol. The molecule has 2 nitrogen and oxygen atoms in total. The van der Waals surface area contributed by atoms with E-state index in [2.05, 4.69) is 16.5 Å². The molecule has 0 saturated heterocycles. The first kappa shape index (κ1) is 10.6. The first-order valence-corrected chi connectivity index (χ1v) is 5.28. The van der Waals surface area contributed by atoms with Crippen LogP contribution in [0.3, 0.4) is 0 Å². The summed E-state index contributed by atoms with van der Waals surface area (Å²) < 4.78 is 2.06. The lowest BCUT2D eigenvalue weighted by atomic mass is 10.1. The first-order chi connectivity index (χ1) is 6.24. The Balaban J connectivity index is 2.24. The molecule has 0 N–H and O–H groups in total. The van der Waals surface area contributed by atoms with Crippen molar-refractivity contribution in [2.45, 2.75) is 38.0 Å². The van der Waals surface area contributed by atoms with Crippen LogP contribution in [0.1, 0.15) is 32.0 Å². The van der Waals surface area contributed by atoms with Gasteiger partial charge >= 0.3 is 0 Å². The monoisotopic (exact) mass is 200 g/mol. The minimum atomic E-state index is 0.334. The lowest BCUT2D eigenvalue weighted by Gasteiger charge is -2.05. The number of imidazole rings is 1. The molecule has 13 heavy (non-hydrogen) atoms. The smallest absolute Gasteiger partial charge is 0.108 e. The number of aromatic nitrogens is 2. The van der Waals surface area contributed by atoms with Crippen LogP contribution in [0.5, 0.6) is 0 Å². The summed E-state index contributed by atoms with van der Waals surface area (Å²) in [5.41, 5.74) is 0. The fourth-order valence-electron chi connectivity index (χ4n) is 1.32. The molecule has 0 aliphatic heterocycles. The molecule has 0 amide bonds. The molecule has 1 atom stereocenters. The van der Waals surface area contributed by atoms with Gasteiger partial charge in [-0.25, -0.2) is 4.98 Å². The van der Waals surface area contributed by atoms with Gasteiger partial charge in [0.25, 0.3) is 0 Å². The van der Waals surface area contributed by atoms with Gasteiger partial charge in [-0.2, -0.15) is 0 Å². The highest BCUT2D eigenvalue weighted by molar-refractivity contribution is 6.20. The van der Waals surface area contributed by atoms with E-state index in [1.54, 1.807) is 0 Å².